The van der Waals surface area contributed by atoms with E-state index in [0.29, 0.717) is 44.2 Å². The first-order valence-corrected chi connectivity index (χ1v) is 11.3. The number of ether oxygens (including phenoxy) is 2. The number of hydrogen-bond acceptors (Lipinski definition) is 5. The number of carbonyl (C=O) groups excluding carboxylic acids is 1. The third-order valence-corrected chi connectivity index (χ3v) is 5.19. The van der Waals surface area contributed by atoms with Crippen LogP contribution in [0, 0.1) is 0 Å². The van der Waals surface area contributed by atoms with Crippen molar-refractivity contribution < 1.29 is 22.7 Å². The van der Waals surface area contributed by atoms with E-state index in [1.165, 1.54) is 0 Å². The SMILES string of the molecule is CCOCCCNC(=O)CN(c1ccc(OCc2ccccc2)cc1)S(C)(=O)=O. The zero-order valence-corrected chi connectivity index (χ0v) is 17.7. The van der Waals surface area contributed by atoms with Crippen molar-refractivity contribution in [1.29, 1.82) is 0 Å². The fourth-order valence-corrected chi connectivity index (χ4v) is 3.44. The third-order valence-electron chi connectivity index (χ3n) is 4.05. The maximum atomic E-state index is 12.2. The first kappa shape index (κ1) is 22.7. The van der Waals surface area contributed by atoms with Gasteiger partial charge in [0.05, 0.1) is 11.9 Å². The molecule has 0 saturated heterocycles. The van der Waals surface area contributed by atoms with Gasteiger partial charge in [-0.05, 0) is 43.2 Å². The number of rotatable bonds is 12. The van der Waals surface area contributed by atoms with Gasteiger partial charge in [-0.15, -0.1) is 0 Å². The highest BCUT2D eigenvalue weighted by Crippen LogP contribution is 2.22. The molecule has 0 radical (unpaired) electrons. The number of anilines is 1. The average molecular weight is 421 g/mol. The lowest BCUT2D eigenvalue weighted by molar-refractivity contribution is -0.119. The molecule has 0 aliphatic carbocycles. The van der Waals surface area contributed by atoms with Gasteiger partial charge in [0.1, 0.15) is 18.9 Å². The smallest absolute Gasteiger partial charge is 0.240 e. The maximum Gasteiger partial charge on any atom is 0.240 e. The fourth-order valence-electron chi connectivity index (χ4n) is 2.58. The fraction of sp³-hybridized carbons (Fsp3) is 0.381. The average Bonchev–Trinajstić information content (AvgIpc) is 2.71. The minimum absolute atomic E-state index is 0.280. The lowest BCUT2D eigenvalue weighted by Crippen LogP contribution is -2.40. The number of amides is 1. The molecule has 0 aliphatic rings. The Morgan fingerprint density at radius 2 is 1.76 bits per heavy atom. The maximum absolute atomic E-state index is 12.2. The van der Waals surface area contributed by atoms with Crippen molar-refractivity contribution in [3.8, 4) is 5.75 Å². The van der Waals surface area contributed by atoms with Crippen molar-refractivity contribution in [1.82, 2.24) is 5.32 Å². The first-order valence-electron chi connectivity index (χ1n) is 9.49. The highest BCUT2D eigenvalue weighted by molar-refractivity contribution is 7.92. The Morgan fingerprint density at radius 1 is 1.07 bits per heavy atom. The van der Waals surface area contributed by atoms with Crippen molar-refractivity contribution in [2.24, 2.45) is 0 Å². The number of nitrogens with zero attached hydrogens (tertiary/aromatic N) is 1. The zero-order chi connectivity index (χ0) is 21.1. The molecule has 7 nitrogen and oxygen atoms in total. The van der Waals surface area contributed by atoms with Gasteiger partial charge in [-0.3, -0.25) is 9.10 Å². The predicted molar refractivity (Wildman–Crippen MR) is 114 cm³/mol. The minimum atomic E-state index is -3.61. The molecule has 0 spiro atoms. The Hall–Kier alpha value is -2.58. The molecule has 1 N–H and O–H groups in total. The van der Waals surface area contributed by atoms with Crippen molar-refractivity contribution >= 4 is 21.6 Å². The Balaban J connectivity index is 1.94. The van der Waals surface area contributed by atoms with E-state index in [2.05, 4.69) is 5.32 Å². The van der Waals surface area contributed by atoms with E-state index in [1.807, 2.05) is 37.3 Å². The van der Waals surface area contributed by atoms with E-state index in [0.717, 1.165) is 16.1 Å². The monoisotopic (exact) mass is 420 g/mol. The van der Waals surface area contributed by atoms with Crippen LogP contribution < -0.4 is 14.4 Å². The molecule has 1 amide bonds. The standard InChI is InChI=1S/C21H28N2O5S/c1-3-27-15-7-14-22-21(24)16-23(29(2,25)26)19-10-12-20(13-11-19)28-17-18-8-5-4-6-9-18/h4-6,8-13H,3,7,14-17H2,1-2H3,(H,22,24). The molecular weight excluding hydrogens is 392 g/mol. The molecule has 8 heteroatoms. The van der Waals surface area contributed by atoms with Crippen LogP contribution >= 0.6 is 0 Å². The van der Waals surface area contributed by atoms with Gasteiger partial charge in [-0.2, -0.15) is 0 Å². The summed E-state index contributed by atoms with van der Waals surface area (Å²) in [7, 11) is -3.61. The van der Waals surface area contributed by atoms with Crippen LogP contribution in [0.3, 0.4) is 0 Å². The summed E-state index contributed by atoms with van der Waals surface area (Å²) in [5, 5.41) is 2.71. The largest absolute Gasteiger partial charge is 0.489 e. The van der Waals surface area contributed by atoms with E-state index in [4.69, 9.17) is 9.47 Å². The van der Waals surface area contributed by atoms with E-state index in [9.17, 15) is 13.2 Å². The molecule has 0 bridgehead atoms. The van der Waals surface area contributed by atoms with E-state index in [1.54, 1.807) is 24.3 Å². The number of hydrogen-bond donors (Lipinski definition) is 1. The van der Waals surface area contributed by atoms with Crippen LogP contribution in [0.4, 0.5) is 5.69 Å². The summed E-state index contributed by atoms with van der Waals surface area (Å²) in [6, 6.07) is 16.4. The van der Waals surface area contributed by atoms with Gasteiger partial charge >= 0.3 is 0 Å². The summed E-state index contributed by atoms with van der Waals surface area (Å²) in [6.07, 6.45) is 1.75. The van der Waals surface area contributed by atoms with Gasteiger partial charge in [0, 0.05) is 19.8 Å². The Bertz CT molecular complexity index is 854. The molecule has 2 aromatic rings. The molecule has 0 aromatic heterocycles. The number of nitrogens with one attached hydrogen (secondary N) is 1. The molecule has 0 fully saturated rings. The molecule has 158 valence electrons. The normalized spacial score (nSPS) is 11.1. The molecule has 0 aliphatic heterocycles. The second-order valence-corrected chi connectivity index (χ2v) is 8.35. The van der Waals surface area contributed by atoms with Crippen LogP contribution in [0.1, 0.15) is 18.9 Å². The van der Waals surface area contributed by atoms with Crippen LogP contribution in [-0.4, -0.2) is 46.9 Å². The van der Waals surface area contributed by atoms with Crippen molar-refractivity contribution in [3.63, 3.8) is 0 Å². The van der Waals surface area contributed by atoms with Crippen molar-refractivity contribution in [3.05, 3.63) is 60.2 Å². The molecule has 0 unspecified atom stereocenters. The highest BCUT2D eigenvalue weighted by Gasteiger charge is 2.20. The zero-order valence-electron chi connectivity index (χ0n) is 16.8. The predicted octanol–water partition coefficient (Wildman–Crippen LogP) is 2.57. The van der Waals surface area contributed by atoms with Gasteiger partial charge in [0.25, 0.3) is 0 Å². The van der Waals surface area contributed by atoms with Crippen LogP contribution in [0.25, 0.3) is 0 Å². The molecule has 0 heterocycles. The third kappa shape index (κ3) is 8.13. The Labute approximate surface area is 172 Å². The van der Waals surface area contributed by atoms with Crippen LogP contribution in [0.15, 0.2) is 54.6 Å². The van der Waals surface area contributed by atoms with Gasteiger partial charge in [-0.25, -0.2) is 8.42 Å². The van der Waals surface area contributed by atoms with Gasteiger partial charge in [0.2, 0.25) is 15.9 Å². The number of carbonyl (C=O) groups is 1. The summed E-state index contributed by atoms with van der Waals surface area (Å²) < 4.78 is 36.4. The van der Waals surface area contributed by atoms with Crippen molar-refractivity contribution in [2.45, 2.75) is 20.0 Å². The summed E-state index contributed by atoms with van der Waals surface area (Å²) in [5.74, 6) is 0.253. The first-order chi connectivity index (χ1) is 13.9. The lowest BCUT2D eigenvalue weighted by Gasteiger charge is -2.22. The van der Waals surface area contributed by atoms with Crippen molar-refractivity contribution in [2.75, 3.05) is 36.9 Å². The van der Waals surface area contributed by atoms with Crippen LogP contribution in [0.2, 0.25) is 0 Å². The van der Waals surface area contributed by atoms with Crippen LogP contribution in [0.5, 0.6) is 5.75 Å². The second-order valence-electron chi connectivity index (χ2n) is 6.44. The molecule has 2 rings (SSSR count). The van der Waals surface area contributed by atoms with Gasteiger partial charge < -0.3 is 14.8 Å². The molecule has 0 saturated carbocycles. The summed E-state index contributed by atoms with van der Waals surface area (Å²) in [4.78, 5) is 12.1. The highest BCUT2D eigenvalue weighted by atomic mass is 32.2. The Kier molecular flexibility index (Phi) is 8.95. The minimum Gasteiger partial charge on any atom is -0.489 e. The number of sulfonamides is 1. The molecular formula is C21H28N2O5S. The Morgan fingerprint density at radius 3 is 2.38 bits per heavy atom. The van der Waals surface area contributed by atoms with E-state index >= 15 is 0 Å². The van der Waals surface area contributed by atoms with Gasteiger partial charge in [-0.1, -0.05) is 30.3 Å². The molecule has 2 aromatic carbocycles. The number of benzene rings is 2. The summed E-state index contributed by atoms with van der Waals surface area (Å²) in [6.45, 7) is 3.65. The van der Waals surface area contributed by atoms with E-state index in [-0.39, 0.29) is 12.5 Å². The van der Waals surface area contributed by atoms with Gasteiger partial charge in [0.15, 0.2) is 0 Å². The second kappa shape index (κ2) is 11.4. The lowest BCUT2D eigenvalue weighted by atomic mass is 10.2. The summed E-state index contributed by atoms with van der Waals surface area (Å²) >= 11 is 0. The molecule has 0 atom stereocenters. The molecule has 29 heavy (non-hydrogen) atoms. The quantitative estimate of drug-likeness (QED) is 0.534. The van der Waals surface area contributed by atoms with Crippen LogP contribution in [-0.2, 0) is 26.2 Å². The topological polar surface area (TPSA) is 84.9 Å². The summed E-state index contributed by atoms with van der Waals surface area (Å²) in [5.41, 5.74) is 1.44. The van der Waals surface area contributed by atoms with E-state index < -0.39 is 10.0 Å².